The summed E-state index contributed by atoms with van der Waals surface area (Å²) in [5.74, 6) is 0.180. The van der Waals surface area contributed by atoms with E-state index in [9.17, 15) is 13.6 Å². The molecule has 1 heterocycles. The van der Waals surface area contributed by atoms with Gasteiger partial charge < -0.3 is 14.3 Å². The number of hydrogen-bond donors (Lipinski definition) is 1. The van der Waals surface area contributed by atoms with E-state index in [0.29, 0.717) is 16.5 Å². The average Bonchev–Trinajstić information content (AvgIpc) is 3.15. The molecular formula is C18H14ClN2O4S-. The Morgan fingerprint density at radius 3 is 2.50 bits per heavy atom. The van der Waals surface area contributed by atoms with Gasteiger partial charge in [0.2, 0.25) is 0 Å². The number of anilines is 2. The molecule has 1 N–H and O–H groups in total. The quantitative estimate of drug-likeness (QED) is 0.650. The second kappa shape index (κ2) is 8.18. The van der Waals surface area contributed by atoms with E-state index in [1.807, 2.05) is 0 Å². The molecule has 0 fully saturated rings. The highest BCUT2D eigenvalue weighted by molar-refractivity contribution is 7.81. The van der Waals surface area contributed by atoms with Crippen LogP contribution >= 0.6 is 11.6 Å². The van der Waals surface area contributed by atoms with Gasteiger partial charge in [-0.05, 0) is 48.5 Å². The van der Waals surface area contributed by atoms with Gasteiger partial charge in [-0.1, -0.05) is 23.7 Å². The van der Waals surface area contributed by atoms with Crippen LogP contribution in [0.1, 0.15) is 16.1 Å². The standard InChI is InChI=1S/C18H15ClN2O4S/c19-13-7-9-14(10-8-13)21(26(23)24)17-6-2-1-5-16(17)18(22)20-12-15-4-3-11-25-15/h1-11H,12H2,(H,20,22)(H,23,24)/p-1. The lowest BCUT2D eigenvalue weighted by molar-refractivity contribution is 0.0949. The molecular weight excluding hydrogens is 376 g/mol. The van der Waals surface area contributed by atoms with Gasteiger partial charge in [0.25, 0.3) is 5.91 Å². The third-order valence-corrected chi connectivity index (χ3v) is 4.54. The van der Waals surface area contributed by atoms with Crippen LogP contribution in [0.15, 0.2) is 71.3 Å². The first-order valence-corrected chi connectivity index (χ1v) is 9.02. The first kappa shape index (κ1) is 18.2. The number of para-hydroxylation sites is 1. The van der Waals surface area contributed by atoms with Crippen molar-refractivity contribution < 1.29 is 18.0 Å². The monoisotopic (exact) mass is 389 g/mol. The second-order valence-corrected chi connectivity index (χ2v) is 6.50. The molecule has 1 amide bonds. The van der Waals surface area contributed by atoms with Crippen LogP contribution in [0, 0.1) is 0 Å². The van der Waals surface area contributed by atoms with Crippen LogP contribution < -0.4 is 9.62 Å². The van der Waals surface area contributed by atoms with Crippen molar-refractivity contribution in [2.75, 3.05) is 4.31 Å². The van der Waals surface area contributed by atoms with Gasteiger partial charge in [-0.3, -0.25) is 13.3 Å². The topological polar surface area (TPSA) is 85.6 Å². The lowest BCUT2D eigenvalue weighted by atomic mass is 10.1. The van der Waals surface area contributed by atoms with E-state index in [2.05, 4.69) is 5.32 Å². The third-order valence-electron chi connectivity index (χ3n) is 3.58. The summed E-state index contributed by atoms with van der Waals surface area (Å²) in [6.45, 7) is 0.196. The minimum atomic E-state index is -2.63. The van der Waals surface area contributed by atoms with Crippen LogP contribution in [0.25, 0.3) is 0 Å². The number of rotatable bonds is 6. The van der Waals surface area contributed by atoms with Gasteiger partial charge in [0.15, 0.2) is 0 Å². The Morgan fingerprint density at radius 2 is 1.85 bits per heavy atom. The van der Waals surface area contributed by atoms with Crippen LogP contribution in [0.4, 0.5) is 11.4 Å². The number of benzene rings is 2. The van der Waals surface area contributed by atoms with E-state index in [1.54, 1.807) is 60.7 Å². The smallest absolute Gasteiger partial charge is 0.253 e. The number of amides is 1. The number of halogens is 1. The molecule has 1 aromatic heterocycles. The molecule has 3 aromatic rings. The van der Waals surface area contributed by atoms with E-state index in [0.717, 1.165) is 4.31 Å². The van der Waals surface area contributed by atoms with Crippen molar-refractivity contribution in [3.05, 3.63) is 83.3 Å². The number of nitrogens with one attached hydrogen (secondary N) is 1. The Bertz CT molecular complexity index is 913. The minimum absolute atomic E-state index is 0.196. The Kier molecular flexibility index (Phi) is 5.72. The zero-order valence-corrected chi connectivity index (χ0v) is 15.0. The van der Waals surface area contributed by atoms with Crippen LogP contribution in [-0.4, -0.2) is 14.7 Å². The highest BCUT2D eigenvalue weighted by Gasteiger charge is 2.18. The molecule has 1 atom stereocenters. The molecule has 3 rings (SSSR count). The predicted octanol–water partition coefficient (Wildman–Crippen LogP) is 3.80. The van der Waals surface area contributed by atoms with E-state index in [1.165, 1.54) is 6.26 Å². The average molecular weight is 390 g/mol. The van der Waals surface area contributed by atoms with Gasteiger partial charge >= 0.3 is 0 Å². The first-order valence-electron chi connectivity index (χ1n) is 7.61. The summed E-state index contributed by atoms with van der Waals surface area (Å²) in [4.78, 5) is 12.6. The molecule has 0 saturated carbocycles. The van der Waals surface area contributed by atoms with E-state index in [-0.39, 0.29) is 17.8 Å². The zero-order chi connectivity index (χ0) is 18.5. The molecule has 26 heavy (non-hydrogen) atoms. The second-order valence-electron chi connectivity index (χ2n) is 5.27. The molecule has 0 saturated heterocycles. The molecule has 1 unspecified atom stereocenters. The van der Waals surface area contributed by atoms with Gasteiger partial charge in [0, 0.05) is 5.02 Å². The van der Waals surface area contributed by atoms with Gasteiger partial charge in [-0.15, -0.1) is 0 Å². The van der Waals surface area contributed by atoms with Crippen molar-refractivity contribution in [3.63, 3.8) is 0 Å². The zero-order valence-electron chi connectivity index (χ0n) is 13.4. The lowest BCUT2D eigenvalue weighted by Gasteiger charge is -2.28. The van der Waals surface area contributed by atoms with E-state index < -0.39 is 17.2 Å². The fourth-order valence-corrected chi connectivity index (χ4v) is 3.14. The number of carbonyl (C=O) groups excluding carboxylic acids is 1. The molecule has 0 spiro atoms. The summed E-state index contributed by atoms with van der Waals surface area (Å²) in [5.41, 5.74) is 0.826. The van der Waals surface area contributed by atoms with E-state index in [4.69, 9.17) is 16.0 Å². The third kappa shape index (κ3) is 4.13. The van der Waals surface area contributed by atoms with Gasteiger partial charge in [0.05, 0.1) is 41.0 Å². The summed E-state index contributed by atoms with van der Waals surface area (Å²) in [6, 6.07) is 16.2. The van der Waals surface area contributed by atoms with Gasteiger partial charge in [-0.2, -0.15) is 0 Å². The maximum Gasteiger partial charge on any atom is 0.253 e. The largest absolute Gasteiger partial charge is 0.755 e. The first-order chi connectivity index (χ1) is 12.6. The van der Waals surface area contributed by atoms with Crippen LogP contribution in [-0.2, 0) is 17.8 Å². The lowest BCUT2D eigenvalue weighted by Crippen LogP contribution is -2.27. The normalized spacial score (nSPS) is 11.8. The summed E-state index contributed by atoms with van der Waals surface area (Å²) in [5, 5.41) is 3.20. The maximum absolute atomic E-state index is 12.6. The molecule has 0 aliphatic rings. The van der Waals surface area contributed by atoms with Crippen molar-refractivity contribution in [1.82, 2.24) is 5.32 Å². The van der Waals surface area contributed by atoms with Crippen LogP contribution in [0.3, 0.4) is 0 Å². The SMILES string of the molecule is O=C(NCc1ccco1)c1ccccc1N(c1ccc(Cl)cc1)S(=O)[O-]. The Hall–Kier alpha value is -2.61. The number of furan rings is 1. The highest BCUT2D eigenvalue weighted by atomic mass is 35.5. The predicted molar refractivity (Wildman–Crippen MR) is 98.8 cm³/mol. The van der Waals surface area contributed by atoms with Crippen LogP contribution in [0.2, 0.25) is 5.02 Å². The summed E-state index contributed by atoms with van der Waals surface area (Å²) < 4.78 is 29.9. The van der Waals surface area contributed by atoms with E-state index >= 15 is 0 Å². The Labute approximate surface area is 157 Å². The number of hydrogen-bond acceptors (Lipinski definition) is 4. The van der Waals surface area contributed by atoms with Gasteiger partial charge in [-0.25, -0.2) is 0 Å². The van der Waals surface area contributed by atoms with Crippen LogP contribution in [0.5, 0.6) is 0 Å². The Morgan fingerprint density at radius 1 is 1.12 bits per heavy atom. The van der Waals surface area contributed by atoms with Crippen molar-refractivity contribution >= 4 is 40.1 Å². The van der Waals surface area contributed by atoms with Crippen molar-refractivity contribution in [3.8, 4) is 0 Å². The number of nitrogens with zero attached hydrogens (tertiary/aromatic N) is 1. The summed E-state index contributed by atoms with van der Waals surface area (Å²) >= 11 is 3.24. The molecule has 0 aliphatic heterocycles. The van der Waals surface area contributed by atoms with Crippen molar-refractivity contribution in [2.24, 2.45) is 0 Å². The Balaban J connectivity index is 1.92. The molecule has 0 aliphatic carbocycles. The summed E-state index contributed by atoms with van der Waals surface area (Å²) in [7, 11) is 0. The molecule has 0 bridgehead atoms. The summed E-state index contributed by atoms with van der Waals surface area (Å²) in [6.07, 6.45) is 1.51. The maximum atomic E-state index is 12.6. The molecule has 134 valence electrons. The van der Waals surface area contributed by atoms with Gasteiger partial charge in [0.1, 0.15) is 5.76 Å². The van der Waals surface area contributed by atoms with Crippen molar-refractivity contribution in [2.45, 2.75) is 6.54 Å². The molecule has 0 radical (unpaired) electrons. The van der Waals surface area contributed by atoms with Crippen molar-refractivity contribution in [1.29, 1.82) is 0 Å². The fourth-order valence-electron chi connectivity index (χ4n) is 2.40. The molecule has 2 aromatic carbocycles. The fraction of sp³-hybridized carbons (Fsp3) is 0.0556. The minimum Gasteiger partial charge on any atom is -0.755 e. The number of carbonyl (C=O) groups is 1. The molecule has 6 nitrogen and oxygen atoms in total. The highest BCUT2D eigenvalue weighted by Crippen LogP contribution is 2.30. The molecule has 8 heteroatoms.